The summed E-state index contributed by atoms with van der Waals surface area (Å²) in [6.07, 6.45) is 0.683. The van der Waals surface area contributed by atoms with Gasteiger partial charge in [0.15, 0.2) is 0 Å². The van der Waals surface area contributed by atoms with E-state index >= 15 is 0 Å². The van der Waals surface area contributed by atoms with Gasteiger partial charge in [0.2, 0.25) is 5.04 Å². The Morgan fingerprint density at radius 3 is 2.37 bits per heavy atom. The minimum Gasteiger partial charge on any atom is -0.343 e. The first-order valence-corrected chi connectivity index (χ1v) is 12.8. The number of nitrogens with one attached hydrogen (secondary N) is 1. The van der Waals surface area contributed by atoms with E-state index in [4.69, 9.17) is 20.9 Å². The molecule has 1 rings (SSSR count). The number of amides is 2. The van der Waals surface area contributed by atoms with E-state index in [-0.39, 0.29) is 16.3 Å². The lowest BCUT2D eigenvalue weighted by molar-refractivity contribution is -0.121. The third-order valence-corrected chi connectivity index (χ3v) is 9.30. The summed E-state index contributed by atoms with van der Waals surface area (Å²) in [5.74, 6) is -0.666. The average molecular weight is 461 g/mol. The minimum atomic E-state index is -2.87. The van der Waals surface area contributed by atoms with Crippen LogP contribution in [0.25, 0.3) is 0 Å². The highest BCUT2D eigenvalue weighted by molar-refractivity contribution is 8.15. The molecule has 156 valence electrons. The first-order valence-electron chi connectivity index (χ1n) is 7.72. The number of rotatable bonds is 5. The molecule has 1 aliphatic rings. The highest BCUT2D eigenvalue weighted by Gasteiger charge is 2.38. The summed E-state index contributed by atoms with van der Waals surface area (Å²) in [5.41, 5.74) is -0.163. The van der Waals surface area contributed by atoms with E-state index in [1.807, 2.05) is 13.8 Å². The van der Waals surface area contributed by atoms with Crippen LogP contribution in [0.5, 0.6) is 0 Å². The molecule has 0 saturated carbocycles. The number of oxime groups is 1. The zero-order valence-corrected chi connectivity index (χ0v) is 19.4. The zero-order chi connectivity index (χ0) is 20.8. The van der Waals surface area contributed by atoms with Gasteiger partial charge in [-0.25, -0.2) is 9.00 Å². The van der Waals surface area contributed by atoms with Gasteiger partial charge in [-0.3, -0.25) is 9.63 Å². The Bertz CT molecular complexity index is 658. The van der Waals surface area contributed by atoms with Crippen molar-refractivity contribution in [2.24, 2.45) is 10.6 Å². The SMILES string of the molecule is CSC(=NOC(=O)NCS(=O)N(C)P1(=S)OCC(C)(C)CO1)C(=O)N(C)C. The van der Waals surface area contributed by atoms with Crippen molar-refractivity contribution in [1.82, 2.24) is 14.3 Å². The molecule has 0 aromatic rings. The van der Waals surface area contributed by atoms with Gasteiger partial charge in [-0.15, -0.1) is 11.8 Å². The Labute approximate surface area is 171 Å². The highest BCUT2D eigenvalue weighted by Crippen LogP contribution is 2.56. The molecule has 1 heterocycles. The smallest absolute Gasteiger partial charge is 0.343 e. The fraction of sp³-hybridized carbons (Fsp3) is 0.769. The molecule has 1 N–H and O–H groups in total. The fourth-order valence-corrected chi connectivity index (χ4v) is 6.21. The van der Waals surface area contributed by atoms with Crippen LogP contribution >= 0.6 is 18.4 Å². The number of thioether (sulfide) groups is 1. The van der Waals surface area contributed by atoms with Crippen molar-refractivity contribution in [3.8, 4) is 0 Å². The Kier molecular flexibility index (Phi) is 9.32. The topological polar surface area (TPSA) is 110 Å². The maximum atomic E-state index is 12.4. The number of hydrogen-bond donors (Lipinski definition) is 1. The van der Waals surface area contributed by atoms with Gasteiger partial charge in [0, 0.05) is 26.6 Å². The lowest BCUT2D eigenvalue weighted by atomic mass is 9.97. The summed E-state index contributed by atoms with van der Waals surface area (Å²) in [4.78, 5) is 29.4. The molecule has 27 heavy (non-hydrogen) atoms. The second kappa shape index (κ2) is 10.3. The quantitative estimate of drug-likeness (QED) is 0.215. The Balaban J connectivity index is 2.55. The first kappa shape index (κ1) is 24.5. The van der Waals surface area contributed by atoms with E-state index in [1.54, 1.807) is 20.4 Å². The molecule has 14 heteroatoms. The Morgan fingerprint density at radius 2 is 1.89 bits per heavy atom. The van der Waals surface area contributed by atoms with Gasteiger partial charge < -0.3 is 19.3 Å². The molecular formula is C13H25N4O6PS3. The summed E-state index contributed by atoms with van der Waals surface area (Å²) >= 11 is 6.42. The molecular weight excluding hydrogens is 435 g/mol. The lowest BCUT2D eigenvalue weighted by Crippen LogP contribution is -2.37. The Hall–Kier alpha value is -0.560. The number of carbonyl (C=O) groups is 2. The van der Waals surface area contributed by atoms with E-state index in [2.05, 4.69) is 15.3 Å². The molecule has 1 unspecified atom stereocenters. The van der Waals surface area contributed by atoms with Crippen LogP contribution in [-0.2, 0) is 41.5 Å². The molecule has 0 spiro atoms. The molecule has 0 aromatic heterocycles. The molecule has 0 aromatic carbocycles. The molecule has 2 amide bonds. The van der Waals surface area contributed by atoms with Crippen molar-refractivity contribution in [3.05, 3.63) is 0 Å². The van der Waals surface area contributed by atoms with Crippen molar-refractivity contribution < 1.29 is 27.7 Å². The van der Waals surface area contributed by atoms with Gasteiger partial charge in [0.25, 0.3) is 12.5 Å². The predicted octanol–water partition coefficient (Wildman–Crippen LogP) is 1.33. The zero-order valence-electron chi connectivity index (χ0n) is 16.1. The van der Waals surface area contributed by atoms with Crippen molar-refractivity contribution in [2.45, 2.75) is 13.8 Å². The predicted molar refractivity (Wildman–Crippen MR) is 110 cm³/mol. The van der Waals surface area contributed by atoms with Crippen LogP contribution in [0.3, 0.4) is 0 Å². The number of nitrogens with zero attached hydrogens (tertiary/aromatic N) is 3. The molecule has 1 atom stereocenters. The standard InChI is InChI=1S/C13H25N4O6PS3/c1-13(2)7-21-24(25,22-8-13)17(5)27(20)9-14-12(19)23-15-10(26-6)11(18)16(3)4/h7-9H2,1-6H3,(H,14,19). The minimum absolute atomic E-state index is 0.00967. The lowest BCUT2D eigenvalue weighted by Gasteiger charge is -2.39. The summed E-state index contributed by atoms with van der Waals surface area (Å²) < 4.78 is 25.0. The number of carbonyl (C=O) groups excluding carboxylic acids is 2. The van der Waals surface area contributed by atoms with Crippen molar-refractivity contribution in [3.63, 3.8) is 0 Å². The monoisotopic (exact) mass is 460 g/mol. The van der Waals surface area contributed by atoms with Gasteiger partial charge in [-0.05, 0) is 18.1 Å². The largest absolute Gasteiger partial charge is 0.434 e. The van der Waals surface area contributed by atoms with Crippen molar-refractivity contribution in [2.75, 3.05) is 46.5 Å². The summed E-state index contributed by atoms with van der Waals surface area (Å²) in [5, 5.41) is 5.82. The first-order chi connectivity index (χ1) is 12.4. The molecule has 1 fully saturated rings. The van der Waals surface area contributed by atoms with Crippen molar-refractivity contribution in [1.29, 1.82) is 0 Å². The van der Waals surface area contributed by atoms with Gasteiger partial charge in [-0.2, -0.15) is 4.08 Å². The van der Waals surface area contributed by atoms with Crippen LogP contribution < -0.4 is 5.32 Å². The summed E-state index contributed by atoms with van der Waals surface area (Å²) in [7, 11) is 2.93. The maximum Gasteiger partial charge on any atom is 0.434 e. The Morgan fingerprint density at radius 1 is 1.33 bits per heavy atom. The molecule has 0 bridgehead atoms. The molecule has 1 saturated heterocycles. The van der Waals surface area contributed by atoms with Gasteiger partial charge in [0.05, 0.1) is 13.2 Å². The van der Waals surface area contributed by atoms with E-state index in [0.717, 1.165) is 11.8 Å². The van der Waals surface area contributed by atoms with Gasteiger partial charge in [0.1, 0.15) is 16.9 Å². The van der Waals surface area contributed by atoms with Crippen LogP contribution in [0.15, 0.2) is 5.16 Å². The van der Waals surface area contributed by atoms with Crippen LogP contribution in [0.2, 0.25) is 0 Å². The normalized spacial score (nSPS) is 20.0. The molecule has 0 radical (unpaired) electrons. The average Bonchev–Trinajstić information content (AvgIpc) is 2.61. The summed E-state index contributed by atoms with van der Waals surface area (Å²) in [6.45, 7) is 1.88. The summed E-state index contributed by atoms with van der Waals surface area (Å²) in [6, 6.07) is 0. The highest BCUT2D eigenvalue weighted by atomic mass is 32.5. The van der Waals surface area contributed by atoms with E-state index < -0.39 is 29.6 Å². The van der Waals surface area contributed by atoms with Crippen LogP contribution in [0, 0.1) is 5.41 Å². The fourth-order valence-electron chi connectivity index (χ4n) is 1.55. The van der Waals surface area contributed by atoms with Gasteiger partial charge in [-0.1, -0.05) is 19.0 Å². The van der Waals surface area contributed by atoms with E-state index in [1.165, 1.54) is 16.0 Å². The van der Waals surface area contributed by atoms with Crippen LogP contribution in [-0.4, -0.2) is 76.7 Å². The van der Waals surface area contributed by atoms with Gasteiger partial charge >= 0.3 is 6.09 Å². The second-order valence-electron chi connectivity index (χ2n) is 6.47. The van der Waals surface area contributed by atoms with E-state index in [0.29, 0.717) is 13.2 Å². The second-order valence-corrected chi connectivity index (χ2v) is 12.4. The number of hydrogen-bond acceptors (Lipinski definition) is 9. The van der Waals surface area contributed by atoms with E-state index in [9.17, 15) is 13.8 Å². The molecule has 0 aliphatic carbocycles. The molecule has 1 aliphatic heterocycles. The maximum absolute atomic E-state index is 12.4. The van der Waals surface area contributed by atoms with Crippen LogP contribution in [0.1, 0.15) is 13.8 Å². The third kappa shape index (κ3) is 7.41. The molecule has 10 nitrogen and oxygen atoms in total. The van der Waals surface area contributed by atoms with Crippen molar-refractivity contribution >= 4 is 58.2 Å². The van der Waals surface area contributed by atoms with Crippen LogP contribution in [0.4, 0.5) is 4.79 Å². The third-order valence-electron chi connectivity index (χ3n) is 3.21.